The molecule has 146 valence electrons. The Morgan fingerprint density at radius 3 is 2.21 bits per heavy atom. The number of aryl methyl sites for hydroxylation is 2. The van der Waals surface area contributed by atoms with Crippen molar-refractivity contribution >= 4 is 23.3 Å². The monoisotopic (exact) mass is 378 g/mol. The minimum atomic E-state index is -0.388. The van der Waals surface area contributed by atoms with Crippen LogP contribution in [0.15, 0.2) is 58.5 Å². The number of hydrogen-bond donors (Lipinski definition) is 2. The zero-order valence-electron chi connectivity index (χ0n) is 16.3. The molecule has 28 heavy (non-hydrogen) atoms. The van der Waals surface area contributed by atoms with Gasteiger partial charge in [0.2, 0.25) is 18.2 Å². The van der Waals surface area contributed by atoms with Crippen LogP contribution in [0.4, 0.5) is 11.4 Å². The highest BCUT2D eigenvalue weighted by molar-refractivity contribution is 6.06. The van der Waals surface area contributed by atoms with Crippen molar-refractivity contribution in [2.45, 2.75) is 20.1 Å². The minimum Gasteiger partial charge on any atom is -0.378 e. The number of nitrogens with one attached hydrogen (secondary N) is 1. The van der Waals surface area contributed by atoms with E-state index in [1.165, 1.54) is 11.1 Å². The van der Waals surface area contributed by atoms with E-state index in [9.17, 15) is 0 Å². The molecule has 2 aliphatic rings. The topological polar surface area (TPSA) is 78.5 Å². The molecule has 2 aromatic carbocycles. The number of benzene rings is 2. The van der Waals surface area contributed by atoms with E-state index in [0.717, 1.165) is 30.4 Å². The number of anilines is 2. The summed E-state index contributed by atoms with van der Waals surface area (Å²) in [6.07, 6.45) is -0.388. The number of hydrogen-bond acceptors (Lipinski definition) is 7. The second-order valence-corrected chi connectivity index (χ2v) is 7.09. The molecule has 7 heteroatoms. The van der Waals surface area contributed by atoms with Crippen LogP contribution in [0.1, 0.15) is 11.1 Å². The van der Waals surface area contributed by atoms with Gasteiger partial charge in [-0.2, -0.15) is 4.99 Å². The lowest BCUT2D eigenvalue weighted by Crippen LogP contribution is -2.57. The van der Waals surface area contributed by atoms with Gasteiger partial charge in [0.25, 0.3) is 0 Å². The molecule has 4 rings (SSSR count). The lowest BCUT2D eigenvalue weighted by molar-refractivity contribution is 0.0671. The summed E-state index contributed by atoms with van der Waals surface area (Å²) in [6, 6.07) is 16.6. The van der Waals surface area contributed by atoms with Gasteiger partial charge in [0, 0.05) is 24.5 Å². The first kappa shape index (κ1) is 18.3. The van der Waals surface area contributed by atoms with Gasteiger partial charge in [-0.25, -0.2) is 4.99 Å². The predicted octanol–water partition coefficient (Wildman–Crippen LogP) is 2.52. The van der Waals surface area contributed by atoms with Crippen molar-refractivity contribution in [1.29, 1.82) is 0 Å². The zero-order chi connectivity index (χ0) is 19.5. The van der Waals surface area contributed by atoms with Gasteiger partial charge in [0.1, 0.15) is 0 Å². The van der Waals surface area contributed by atoms with Gasteiger partial charge < -0.3 is 20.7 Å². The largest absolute Gasteiger partial charge is 0.378 e. The number of rotatable bonds is 3. The third-order valence-corrected chi connectivity index (χ3v) is 4.88. The van der Waals surface area contributed by atoms with Crippen molar-refractivity contribution in [3.63, 3.8) is 0 Å². The van der Waals surface area contributed by atoms with E-state index in [0.29, 0.717) is 13.2 Å². The second kappa shape index (κ2) is 7.90. The fraction of sp³-hybridized carbons (Fsp3) is 0.333. The summed E-state index contributed by atoms with van der Waals surface area (Å²) >= 11 is 0. The van der Waals surface area contributed by atoms with Gasteiger partial charge in [-0.3, -0.25) is 4.90 Å². The Bertz CT molecular complexity index is 869. The number of ether oxygens (including phenoxy) is 1. The molecule has 1 unspecified atom stereocenters. The molecular weight excluding hydrogens is 352 g/mol. The number of nitrogens with two attached hydrogens (primary N) is 1. The molecule has 0 bridgehead atoms. The Morgan fingerprint density at radius 1 is 0.964 bits per heavy atom. The van der Waals surface area contributed by atoms with E-state index in [-0.39, 0.29) is 12.2 Å². The molecular formula is C21H26N6O. The van der Waals surface area contributed by atoms with Crippen LogP contribution in [-0.4, -0.2) is 49.4 Å². The number of aliphatic imine (C=N–C) groups is 2. The first-order valence-corrected chi connectivity index (χ1v) is 9.54. The minimum absolute atomic E-state index is 0.273. The van der Waals surface area contributed by atoms with Gasteiger partial charge in [-0.15, -0.1) is 0 Å². The Morgan fingerprint density at radius 2 is 1.57 bits per heavy atom. The molecule has 0 aliphatic carbocycles. The Kier molecular flexibility index (Phi) is 5.16. The average Bonchev–Trinajstić information content (AvgIpc) is 2.71. The fourth-order valence-electron chi connectivity index (χ4n) is 3.32. The van der Waals surface area contributed by atoms with E-state index < -0.39 is 0 Å². The molecule has 1 saturated heterocycles. The Labute approximate surface area is 165 Å². The first-order valence-electron chi connectivity index (χ1n) is 9.54. The molecule has 0 spiro atoms. The molecule has 1 fully saturated rings. The smallest absolute Gasteiger partial charge is 0.222 e. The van der Waals surface area contributed by atoms with Crippen LogP contribution in [0, 0.1) is 13.8 Å². The fourth-order valence-corrected chi connectivity index (χ4v) is 3.32. The third kappa shape index (κ3) is 3.94. The highest BCUT2D eigenvalue weighted by atomic mass is 16.5. The van der Waals surface area contributed by atoms with Crippen molar-refractivity contribution in [2.75, 3.05) is 36.5 Å². The van der Waals surface area contributed by atoms with Crippen molar-refractivity contribution in [3.8, 4) is 0 Å². The number of guanidine groups is 2. The maximum Gasteiger partial charge on any atom is 0.222 e. The second-order valence-electron chi connectivity index (χ2n) is 7.09. The van der Waals surface area contributed by atoms with E-state index in [2.05, 4.69) is 87.5 Å². The highest BCUT2D eigenvalue weighted by Crippen LogP contribution is 2.25. The quantitative estimate of drug-likeness (QED) is 0.858. The molecule has 1 atom stereocenters. The summed E-state index contributed by atoms with van der Waals surface area (Å²) in [6.45, 7) is 7.04. The lowest BCUT2D eigenvalue weighted by atomic mass is 10.2. The van der Waals surface area contributed by atoms with Crippen LogP contribution >= 0.6 is 0 Å². The normalized spacial score (nSPS) is 19.9. The molecule has 0 radical (unpaired) electrons. The van der Waals surface area contributed by atoms with Gasteiger partial charge in [0.05, 0.1) is 13.2 Å². The molecule has 0 saturated carbocycles. The van der Waals surface area contributed by atoms with Crippen LogP contribution in [0.5, 0.6) is 0 Å². The van der Waals surface area contributed by atoms with Crippen LogP contribution in [0.25, 0.3) is 0 Å². The number of morpholine rings is 1. The van der Waals surface area contributed by atoms with Crippen LogP contribution in [0.3, 0.4) is 0 Å². The Hall–Kier alpha value is -3.06. The standard InChI is InChI=1S/C21H26N6O/c1-15-3-7-17(8-4-15)23-20-24-19(22)25-21(26-11-13-28-14-12-26)27(20)18-9-5-16(2)6-10-18/h3-10,20,23H,11-14H2,1-2H3,(H2,22,24). The number of nitrogens with zero attached hydrogens (tertiary/aromatic N) is 4. The molecule has 2 heterocycles. The van der Waals surface area contributed by atoms with Gasteiger partial charge in [0.15, 0.2) is 0 Å². The van der Waals surface area contributed by atoms with E-state index in [4.69, 9.17) is 10.5 Å². The summed E-state index contributed by atoms with van der Waals surface area (Å²) in [5, 5.41) is 3.49. The predicted molar refractivity (Wildman–Crippen MR) is 114 cm³/mol. The SMILES string of the molecule is Cc1ccc(NC2N=C(N)N=C(N3CCOCC3)N2c2ccc(C)cc2)cc1. The summed E-state index contributed by atoms with van der Waals surface area (Å²) in [4.78, 5) is 13.5. The maximum absolute atomic E-state index is 6.10. The maximum atomic E-state index is 6.10. The lowest BCUT2D eigenvalue weighted by Gasteiger charge is -2.41. The highest BCUT2D eigenvalue weighted by Gasteiger charge is 2.32. The molecule has 2 aromatic rings. The molecule has 7 nitrogen and oxygen atoms in total. The van der Waals surface area contributed by atoms with Gasteiger partial charge in [-0.1, -0.05) is 35.4 Å². The summed E-state index contributed by atoms with van der Waals surface area (Å²) in [5.74, 6) is 1.07. The van der Waals surface area contributed by atoms with E-state index in [1.54, 1.807) is 0 Å². The molecule has 0 aromatic heterocycles. The zero-order valence-corrected chi connectivity index (χ0v) is 16.3. The van der Waals surface area contributed by atoms with Crippen molar-refractivity contribution in [2.24, 2.45) is 15.7 Å². The van der Waals surface area contributed by atoms with Gasteiger partial charge >= 0.3 is 0 Å². The average molecular weight is 378 g/mol. The van der Waals surface area contributed by atoms with E-state index >= 15 is 0 Å². The van der Waals surface area contributed by atoms with Crippen molar-refractivity contribution in [1.82, 2.24) is 4.90 Å². The van der Waals surface area contributed by atoms with Crippen LogP contribution < -0.4 is 16.0 Å². The molecule has 0 amide bonds. The van der Waals surface area contributed by atoms with E-state index in [1.807, 2.05) is 0 Å². The third-order valence-electron chi connectivity index (χ3n) is 4.88. The summed E-state index contributed by atoms with van der Waals surface area (Å²) in [5.41, 5.74) is 10.5. The van der Waals surface area contributed by atoms with Crippen LogP contribution in [0.2, 0.25) is 0 Å². The summed E-state index contributed by atoms with van der Waals surface area (Å²) in [7, 11) is 0. The van der Waals surface area contributed by atoms with Crippen molar-refractivity contribution in [3.05, 3.63) is 59.7 Å². The van der Waals surface area contributed by atoms with Gasteiger partial charge in [-0.05, 0) is 38.1 Å². The Balaban J connectivity index is 1.70. The van der Waals surface area contributed by atoms with Crippen molar-refractivity contribution < 1.29 is 4.74 Å². The molecule has 3 N–H and O–H groups in total. The molecule has 2 aliphatic heterocycles. The van der Waals surface area contributed by atoms with Crippen LogP contribution in [-0.2, 0) is 4.74 Å². The summed E-state index contributed by atoms with van der Waals surface area (Å²) < 4.78 is 5.52. The first-order chi connectivity index (χ1) is 13.6.